The molecule has 0 radical (unpaired) electrons. The zero-order valence-corrected chi connectivity index (χ0v) is 19.1. The molecule has 2 aromatic rings. The summed E-state index contributed by atoms with van der Waals surface area (Å²) in [4.78, 5) is 21.3. The molecule has 7 nitrogen and oxygen atoms in total. The molecular formula is C23H25F5N4O3. The second-order valence-corrected chi connectivity index (χ2v) is 8.65. The summed E-state index contributed by atoms with van der Waals surface area (Å²) in [5.74, 6) is -1.27. The van der Waals surface area contributed by atoms with Crippen molar-refractivity contribution in [1.29, 1.82) is 0 Å². The van der Waals surface area contributed by atoms with Crippen LogP contribution in [0.1, 0.15) is 66.7 Å². The van der Waals surface area contributed by atoms with Crippen LogP contribution in [0.15, 0.2) is 18.2 Å². The first-order chi connectivity index (χ1) is 16.6. The molecule has 2 N–H and O–H groups in total. The fraction of sp³-hybridized carbons (Fsp3) is 0.522. The van der Waals surface area contributed by atoms with Crippen molar-refractivity contribution in [1.82, 2.24) is 15.3 Å². The van der Waals surface area contributed by atoms with E-state index in [1.165, 1.54) is 12.1 Å². The van der Waals surface area contributed by atoms with Crippen LogP contribution in [0.2, 0.25) is 0 Å². The molecule has 1 unspecified atom stereocenters. The Hall–Kier alpha value is -2.86. The number of benzene rings is 1. The van der Waals surface area contributed by atoms with Crippen LogP contribution < -0.4 is 10.6 Å². The summed E-state index contributed by atoms with van der Waals surface area (Å²) >= 11 is 0. The number of carbonyl (C=O) groups excluding carboxylic acids is 1. The number of amides is 1. The molecule has 1 aliphatic carbocycles. The third kappa shape index (κ3) is 5.37. The normalized spacial score (nSPS) is 18.2. The Bertz CT molecular complexity index is 1090. The average Bonchev–Trinajstić information content (AvgIpc) is 3.36. The maximum Gasteiger partial charge on any atom is 0.266 e. The Labute approximate surface area is 198 Å². The van der Waals surface area contributed by atoms with Gasteiger partial charge < -0.3 is 20.1 Å². The predicted molar refractivity (Wildman–Crippen MR) is 115 cm³/mol. The second kappa shape index (κ2) is 10.0. The topological polar surface area (TPSA) is 85.4 Å². The highest BCUT2D eigenvalue weighted by molar-refractivity contribution is 5.80. The lowest BCUT2D eigenvalue weighted by Crippen LogP contribution is -2.43. The van der Waals surface area contributed by atoms with Crippen molar-refractivity contribution in [3.8, 4) is 0 Å². The standard InChI is InChI=1S/C23H25F5N4O3/c1-11(13-4-3-5-14(18(13)24)19(25)26)29-20-17(21-34-8-9-35-21)15(30-12(2)31-20)10-16(33)32-23(6-7-23)22(27)28/h3-5,11,19,21-22H,6-10H2,1-2H3,(H,32,33)(H,29,30,31). The Morgan fingerprint density at radius 2 is 1.80 bits per heavy atom. The molecule has 1 atom stereocenters. The van der Waals surface area contributed by atoms with Crippen LogP contribution in [-0.2, 0) is 20.7 Å². The second-order valence-electron chi connectivity index (χ2n) is 8.65. The fourth-order valence-electron chi connectivity index (χ4n) is 4.02. The number of rotatable bonds is 9. The first-order valence-corrected chi connectivity index (χ1v) is 11.1. The summed E-state index contributed by atoms with van der Waals surface area (Å²) in [6, 6.07) is 2.92. The van der Waals surface area contributed by atoms with Crippen molar-refractivity contribution in [3.05, 3.63) is 52.2 Å². The average molecular weight is 500 g/mol. The van der Waals surface area contributed by atoms with Gasteiger partial charge in [0.1, 0.15) is 23.0 Å². The highest BCUT2D eigenvalue weighted by atomic mass is 19.3. The Morgan fingerprint density at radius 3 is 2.40 bits per heavy atom. The lowest BCUT2D eigenvalue weighted by molar-refractivity contribution is -0.122. The predicted octanol–water partition coefficient (Wildman–Crippen LogP) is 4.54. The minimum absolute atomic E-state index is 0.00910. The van der Waals surface area contributed by atoms with E-state index in [9.17, 15) is 26.7 Å². The summed E-state index contributed by atoms with van der Waals surface area (Å²) < 4.78 is 78.8. The number of carbonyl (C=O) groups is 1. The van der Waals surface area contributed by atoms with E-state index in [-0.39, 0.29) is 60.9 Å². The summed E-state index contributed by atoms with van der Waals surface area (Å²) in [7, 11) is 0. The highest BCUT2D eigenvalue weighted by Gasteiger charge is 2.52. The van der Waals surface area contributed by atoms with Gasteiger partial charge in [-0.2, -0.15) is 0 Å². The van der Waals surface area contributed by atoms with Crippen molar-refractivity contribution in [2.75, 3.05) is 18.5 Å². The van der Waals surface area contributed by atoms with Crippen LogP contribution in [0.5, 0.6) is 0 Å². The van der Waals surface area contributed by atoms with Crippen molar-refractivity contribution in [2.45, 2.75) is 63.8 Å². The third-order valence-corrected chi connectivity index (χ3v) is 6.03. The molecule has 12 heteroatoms. The molecular weight excluding hydrogens is 475 g/mol. The first-order valence-electron chi connectivity index (χ1n) is 11.1. The fourth-order valence-corrected chi connectivity index (χ4v) is 4.02. The lowest BCUT2D eigenvalue weighted by Gasteiger charge is -2.23. The SMILES string of the molecule is Cc1nc(CC(=O)NC2(C(F)F)CC2)c(C2OCCO2)c(NC(C)c2cccc(C(F)F)c2F)n1. The van der Waals surface area contributed by atoms with E-state index >= 15 is 0 Å². The molecule has 0 bridgehead atoms. The van der Waals surface area contributed by atoms with Crippen molar-refractivity contribution < 1.29 is 36.2 Å². The van der Waals surface area contributed by atoms with Crippen molar-refractivity contribution in [3.63, 3.8) is 0 Å². The van der Waals surface area contributed by atoms with Gasteiger partial charge in [0.25, 0.3) is 12.9 Å². The quantitative estimate of drug-likeness (QED) is 0.492. The van der Waals surface area contributed by atoms with Gasteiger partial charge >= 0.3 is 0 Å². The van der Waals surface area contributed by atoms with Crippen LogP contribution in [0.3, 0.4) is 0 Å². The molecule has 2 aliphatic rings. The minimum Gasteiger partial charge on any atom is -0.363 e. The molecule has 0 spiro atoms. The summed E-state index contributed by atoms with van der Waals surface area (Å²) in [6.45, 7) is 3.66. The van der Waals surface area contributed by atoms with Crippen LogP contribution in [0, 0.1) is 12.7 Å². The van der Waals surface area contributed by atoms with Crippen molar-refractivity contribution in [2.24, 2.45) is 0 Å². The number of aryl methyl sites for hydroxylation is 1. The molecule has 1 amide bonds. The van der Waals surface area contributed by atoms with E-state index in [2.05, 4.69) is 20.6 Å². The molecule has 1 saturated heterocycles. The molecule has 35 heavy (non-hydrogen) atoms. The summed E-state index contributed by atoms with van der Waals surface area (Å²) in [5, 5.41) is 5.39. The number of anilines is 1. The van der Waals surface area contributed by atoms with E-state index in [1.54, 1.807) is 13.8 Å². The summed E-state index contributed by atoms with van der Waals surface area (Å²) in [6.07, 6.45) is -6.57. The Balaban J connectivity index is 1.65. The van der Waals surface area contributed by atoms with Crippen LogP contribution >= 0.6 is 0 Å². The zero-order valence-electron chi connectivity index (χ0n) is 19.1. The number of hydrogen-bond donors (Lipinski definition) is 2. The molecule has 1 aromatic carbocycles. The van der Waals surface area contributed by atoms with Gasteiger partial charge in [-0.3, -0.25) is 4.79 Å². The number of halogens is 5. The minimum atomic E-state index is -2.98. The van der Waals surface area contributed by atoms with E-state index in [1.807, 2.05) is 0 Å². The number of nitrogens with one attached hydrogen (secondary N) is 2. The largest absolute Gasteiger partial charge is 0.363 e. The van der Waals surface area contributed by atoms with Crippen LogP contribution in [-0.4, -0.2) is 41.1 Å². The maximum absolute atomic E-state index is 14.7. The van der Waals surface area contributed by atoms with Gasteiger partial charge in [0.2, 0.25) is 5.91 Å². The molecule has 4 rings (SSSR count). The number of ether oxygens (including phenoxy) is 2. The first kappa shape index (κ1) is 25.2. The monoisotopic (exact) mass is 500 g/mol. The van der Waals surface area contributed by atoms with Gasteiger partial charge in [0, 0.05) is 5.56 Å². The molecule has 190 valence electrons. The van der Waals surface area contributed by atoms with E-state index in [0.29, 0.717) is 0 Å². The van der Waals surface area contributed by atoms with E-state index < -0.39 is 48.0 Å². The third-order valence-electron chi connectivity index (χ3n) is 6.03. The molecule has 1 aromatic heterocycles. The van der Waals surface area contributed by atoms with Gasteiger partial charge in [-0.05, 0) is 26.7 Å². The lowest BCUT2D eigenvalue weighted by atomic mass is 10.0. The Morgan fingerprint density at radius 1 is 1.14 bits per heavy atom. The van der Waals surface area contributed by atoms with Gasteiger partial charge in [0.05, 0.1) is 42.5 Å². The number of alkyl halides is 4. The van der Waals surface area contributed by atoms with Crippen LogP contribution in [0.4, 0.5) is 27.8 Å². The highest BCUT2D eigenvalue weighted by Crippen LogP contribution is 2.41. The molecule has 1 aliphatic heterocycles. The smallest absolute Gasteiger partial charge is 0.266 e. The van der Waals surface area contributed by atoms with E-state index in [4.69, 9.17) is 9.47 Å². The van der Waals surface area contributed by atoms with Gasteiger partial charge in [0.15, 0.2) is 6.29 Å². The van der Waals surface area contributed by atoms with Gasteiger partial charge in [-0.15, -0.1) is 0 Å². The number of aromatic nitrogens is 2. The Kier molecular flexibility index (Phi) is 7.22. The number of hydrogen-bond acceptors (Lipinski definition) is 6. The maximum atomic E-state index is 14.7. The molecule has 2 heterocycles. The van der Waals surface area contributed by atoms with Gasteiger partial charge in [-0.1, -0.05) is 18.2 Å². The van der Waals surface area contributed by atoms with Crippen LogP contribution in [0.25, 0.3) is 0 Å². The molecule has 1 saturated carbocycles. The number of nitrogens with zero attached hydrogens (tertiary/aromatic N) is 2. The van der Waals surface area contributed by atoms with Gasteiger partial charge in [-0.25, -0.2) is 31.9 Å². The summed E-state index contributed by atoms with van der Waals surface area (Å²) in [5.41, 5.74) is -1.78. The zero-order chi connectivity index (χ0) is 25.3. The van der Waals surface area contributed by atoms with Crippen molar-refractivity contribution >= 4 is 11.7 Å². The van der Waals surface area contributed by atoms with E-state index in [0.717, 1.165) is 6.07 Å². The molecule has 2 fully saturated rings.